The molecular formula is C10H8N4. The molecule has 0 amide bonds. The Morgan fingerprint density at radius 1 is 1.21 bits per heavy atom. The molecule has 0 aliphatic rings. The molecular weight excluding hydrogens is 176 g/mol. The maximum Gasteiger partial charge on any atom is 0.184 e. The highest BCUT2D eigenvalue weighted by Crippen LogP contribution is 2.20. The number of nitrogens with two attached hydrogens (primary N) is 1. The molecule has 4 nitrogen and oxygen atoms in total. The van der Waals surface area contributed by atoms with Gasteiger partial charge < -0.3 is 5.73 Å². The van der Waals surface area contributed by atoms with E-state index in [4.69, 9.17) is 5.73 Å². The Kier molecular flexibility index (Phi) is 1.28. The van der Waals surface area contributed by atoms with E-state index in [2.05, 4.69) is 10.2 Å². The van der Waals surface area contributed by atoms with E-state index in [1.807, 2.05) is 34.7 Å². The number of hydrogen-bond donors (Lipinski definition) is 1. The van der Waals surface area contributed by atoms with Gasteiger partial charge in [0.1, 0.15) is 6.33 Å². The summed E-state index contributed by atoms with van der Waals surface area (Å²) in [6, 6.07) is 9.92. The molecule has 1 aromatic carbocycles. The molecule has 0 saturated heterocycles. The minimum absolute atomic E-state index is 0.654. The van der Waals surface area contributed by atoms with Crippen molar-refractivity contribution in [2.75, 3.05) is 5.73 Å². The third kappa shape index (κ3) is 0.821. The van der Waals surface area contributed by atoms with Crippen molar-refractivity contribution in [3.8, 4) is 0 Å². The van der Waals surface area contributed by atoms with Gasteiger partial charge in [0.15, 0.2) is 5.65 Å². The Morgan fingerprint density at radius 2 is 2.07 bits per heavy atom. The van der Waals surface area contributed by atoms with Gasteiger partial charge in [0.2, 0.25) is 0 Å². The summed E-state index contributed by atoms with van der Waals surface area (Å²) < 4.78 is 1.89. The van der Waals surface area contributed by atoms with Crippen molar-refractivity contribution >= 4 is 22.2 Å². The number of hydrogen-bond acceptors (Lipinski definition) is 3. The molecule has 0 fully saturated rings. The van der Waals surface area contributed by atoms with E-state index in [0.29, 0.717) is 11.3 Å². The van der Waals surface area contributed by atoms with Crippen LogP contribution in [-0.2, 0) is 0 Å². The van der Waals surface area contributed by atoms with Crippen molar-refractivity contribution in [3.63, 3.8) is 0 Å². The van der Waals surface area contributed by atoms with Gasteiger partial charge in [-0.25, -0.2) is 0 Å². The van der Waals surface area contributed by atoms with Crippen LogP contribution < -0.4 is 5.73 Å². The van der Waals surface area contributed by atoms with Crippen LogP contribution in [0, 0.1) is 0 Å². The lowest BCUT2D eigenvalue weighted by atomic mass is 10.2. The van der Waals surface area contributed by atoms with Gasteiger partial charge >= 0.3 is 0 Å². The Bertz CT molecular complexity index is 612. The zero-order chi connectivity index (χ0) is 9.54. The van der Waals surface area contributed by atoms with E-state index in [0.717, 1.165) is 10.9 Å². The predicted octanol–water partition coefficient (Wildman–Crippen LogP) is 1.46. The summed E-state index contributed by atoms with van der Waals surface area (Å²) in [5, 5.41) is 8.90. The van der Waals surface area contributed by atoms with Crippen molar-refractivity contribution in [2.45, 2.75) is 0 Å². The topological polar surface area (TPSA) is 56.2 Å². The SMILES string of the molecule is Nc1cc2ccccc2n2cnnc12. The monoisotopic (exact) mass is 184 g/mol. The quantitative estimate of drug-likeness (QED) is 0.575. The van der Waals surface area contributed by atoms with Gasteiger partial charge in [-0.1, -0.05) is 18.2 Å². The third-order valence-corrected chi connectivity index (χ3v) is 2.31. The van der Waals surface area contributed by atoms with Crippen molar-refractivity contribution in [1.82, 2.24) is 14.6 Å². The molecule has 14 heavy (non-hydrogen) atoms. The second-order valence-corrected chi connectivity index (χ2v) is 3.18. The number of anilines is 1. The van der Waals surface area contributed by atoms with Crippen molar-refractivity contribution < 1.29 is 0 Å². The number of nitrogens with zero attached hydrogens (tertiary/aromatic N) is 3. The molecule has 0 aliphatic carbocycles. The minimum atomic E-state index is 0.654. The lowest BCUT2D eigenvalue weighted by Gasteiger charge is -2.02. The Labute approximate surface area is 80.0 Å². The van der Waals surface area contributed by atoms with Crippen LogP contribution >= 0.6 is 0 Å². The van der Waals surface area contributed by atoms with Crippen LogP contribution in [0.25, 0.3) is 16.6 Å². The largest absolute Gasteiger partial charge is 0.396 e. The molecule has 3 aromatic rings. The molecule has 2 aromatic heterocycles. The molecule has 0 aliphatic heterocycles. The van der Waals surface area contributed by atoms with Crippen LogP contribution in [0.3, 0.4) is 0 Å². The fraction of sp³-hybridized carbons (Fsp3) is 0. The maximum absolute atomic E-state index is 5.84. The minimum Gasteiger partial charge on any atom is -0.396 e. The number of para-hydroxylation sites is 1. The van der Waals surface area contributed by atoms with E-state index in [1.165, 1.54) is 0 Å². The van der Waals surface area contributed by atoms with Crippen LogP contribution in [0.15, 0.2) is 36.7 Å². The van der Waals surface area contributed by atoms with Crippen LogP contribution in [0.2, 0.25) is 0 Å². The van der Waals surface area contributed by atoms with Gasteiger partial charge in [0, 0.05) is 5.39 Å². The highest BCUT2D eigenvalue weighted by atomic mass is 15.2. The van der Waals surface area contributed by atoms with Crippen molar-refractivity contribution in [1.29, 1.82) is 0 Å². The molecule has 68 valence electrons. The van der Waals surface area contributed by atoms with Gasteiger partial charge in [0.05, 0.1) is 11.2 Å². The maximum atomic E-state index is 5.84. The molecule has 0 unspecified atom stereocenters. The standard InChI is InChI=1S/C10H8N4/c11-8-5-7-3-1-2-4-9(7)14-6-12-13-10(8)14/h1-6H,11H2. The first-order valence-corrected chi connectivity index (χ1v) is 4.33. The second-order valence-electron chi connectivity index (χ2n) is 3.18. The summed E-state index contributed by atoms with van der Waals surface area (Å²) in [5.74, 6) is 0. The molecule has 2 heterocycles. The normalized spacial score (nSPS) is 11.1. The lowest BCUT2D eigenvalue weighted by Crippen LogP contribution is -1.93. The smallest absolute Gasteiger partial charge is 0.184 e. The molecule has 3 rings (SSSR count). The third-order valence-electron chi connectivity index (χ3n) is 2.31. The number of rotatable bonds is 0. The summed E-state index contributed by atoms with van der Waals surface area (Å²) in [7, 11) is 0. The summed E-state index contributed by atoms with van der Waals surface area (Å²) in [6.45, 7) is 0. The first-order chi connectivity index (χ1) is 6.86. The first kappa shape index (κ1) is 7.32. The second kappa shape index (κ2) is 2.45. The fourth-order valence-electron chi connectivity index (χ4n) is 1.67. The van der Waals surface area contributed by atoms with Gasteiger partial charge in [-0.3, -0.25) is 4.40 Å². The molecule has 0 atom stereocenters. The number of pyridine rings is 1. The van der Waals surface area contributed by atoms with Crippen LogP contribution in [0.5, 0.6) is 0 Å². The van der Waals surface area contributed by atoms with E-state index in [9.17, 15) is 0 Å². The fourth-order valence-corrected chi connectivity index (χ4v) is 1.67. The molecule has 0 bridgehead atoms. The number of benzene rings is 1. The van der Waals surface area contributed by atoms with E-state index in [-0.39, 0.29) is 0 Å². The van der Waals surface area contributed by atoms with Gasteiger partial charge in [-0.2, -0.15) is 0 Å². The Morgan fingerprint density at radius 3 is 3.00 bits per heavy atom. The molecule has 0 saturated carbocycles. The highest BCUT2D eigenvalue weighted by molar-refractivity contribution is 5.87. The summed E-state index contributed by atoms with van der Waals surface area (Å²) in [4.78, 5) is 0. The molecule has 0 radical (unpaired) electrons. The van der Waals surface area contributed by atoms with Gasteiger partial charge in [-0.15, -0.1) is 10.2 Å². The summed E-state index contributed by atoms with van der Waals surface area (Å²) in [6.07, 6.45) is 1.67. The lowest BCUT2D eigenvalue weighted by molar-refractivity contribution is 1.11. The van der Waals surface area contributed by atoms with Gasteiger partial charge in [0.25, 0.3) is 0 Å². The first-order valence-electron chi connectivity index (χ1n) is 4.33. The number of fused-ring (bicyclic) bond motifs is 3. The van der Waals surface area contributed by atoms with Crippen LogP contribution in [0.4, 0.5) is 5.69 Å². The molecule has 2 N–H and O–H groups in total. The van der Waals surface area contributed by atoms with Crippen molar-refractivity contribution in [2.24, 2.45) is 0 Å². The Hall–Kier alpha value is -2.10. The van der Waals surface area contributed by atoms with Crippen LogP contribution in [-0.4, -0.2) is 14.6 Å². The molecule has 4 heteroatoms. The van der Waals surface area contributed by atoms with E-state index < -0.39 is 0 Å². The average molecular weight is 184 g/mol. The summed E-state index contributed by atoms with van der Waals surface area (Å²) in [5.41, 5.74) is 8.28. The predicted molar refractivity (Wildman–Crippen MR) is 54.9 cm³/mol. The zero-order valence-corrected chi connectivity index (χ0v) is 7.38. The van der Waals surface area contributed by atoms with Crippen molar-refractivity contribution in [3.05, 3.63) is 36.7 Å². The summed E-state index contributed by atoms with van der Waals surface area (Å²) >= 11 is 0. The van der Waals surface area contributed by atoms with E-state index >= 15 is 0 Å². The van der Waals surface area contributed by atoms with Gasteiger partial charge in [-0.05, 0) is 12.1 Å². The van der Waals surface area contributed by atoms with Crippen LogP contribution in [0.1, 0.15) is 0 Å². The average Bonchev–Trinajstić information content (AvgIpc) is 2.67. The zero-order valence-electron chi connectivity index (χ0n) is 7.38. The number of nitrogen functional groups attached to an aromatic ring is 1. The Balaban J connectivity index is 2.66. The highest BCUT2D eigenvalue weighted by Gasteiger charge is 2.04. The molecule has 0 spiro atoms. The van der Waals surface area contributed by atoms with E-state index in [1.54, 1.807) is 6.33 Å². The number of aromatic nitrogens is 3.